The van der Waals surface area contributed by atoms with Gasteiger partial charge in [0.2, 0.25) is 5.95 Å². The molecule has 0 unspecified atom stereocenters. The number of hydrogen-bond donors (Lipinski definition) is 1. The lowest BCUT2D eigenvalue weighted by molar-refractivity contribution is 0.989. The maximum atomic E-state index is 4.18. The molecule has 5 heteroatoms. The lowest BCUT2D eigenvalue weighted by Crippen LogP contribution is -2.05. The van der Waals surface area contributed by atoms with Gasteiger partial charge in [0, 0.05) is 18.9 Å². The van der Waals surface area contributed by atoms with Crippen LogP contribution in [0, 0.1) is 0 Å². The molecule has 72 valence electrons. The van der Waals surface area contributed by atoms with Gasteiger partial charge in [0.15, 0.2) is 0 Å². The second-order valence-corrected chi connectivity index (χ2v) is 2.75. The highest BCUT2D eigenvalue weighted by atomic mass is 15.2. The zero-order valence-electron chi connectivity index (χ0n) is 7.88. The van der Waals surface area contributed by atoms with Gasteiger partial charge in [0.25, 0.3) is 0 Å². The summed E-state index contributed by atoms with van der Waals surface area (Å²) in [6.07, 6.45) is 8.61. The Kier molecular flexibility index (Phi) is 2.40. The molecule has 0 saturated carbocycles. The molecule has 0 fully saturated rings. The topological polar surface area (TPSA) is 55.6 Å². The number of nitrogens with zero attached hydrogens (tertiary/aromatic N) is 4. The maximum absolute atomic E-state index is 4.18. The van der Waals surface area contributed by atoms with Crippen LogP contribution in [0.1, 0.15) is 6.92 Å². The summed E-state index contributed by atoms with van der Waals surface area (Å²) in [5.74, 6) is 0.808. The fourth-order valence-electron chi connectivity index (χ4n) is 1.22. The largest absolute Gasteiger partial charge is 0.356 e. The van der Waals surface area contributed by atoms with Crippen LogP contribution in [0.4, 0.5) is 5.95 Å². The number of imidazole rings is 1. The van der Waals surface area contributed by atoms with Crippen molar-refractivity contribution in [1.82, 2.24) is 19.5 Å². The van der Waals surface area contributed by atoms with Crippen LogP contribution in [0.15, 0.2) is 31.1 Å². The van der Waals surface area contributed by atoms with Crippen molar-refractivity contribution >= 4 is 5.95 Å². The Morgan fingerprint density at radius 2 is 2.14 bits per heavy atom. The summed E-state index contributed by atoms with van der Waals surface area (Å²) in [6.45, 7) is 2.87. The van der Waals surface area contributed by atoms with Crippen molar-refractivity contribution in [2.24, 2.45) is 0 Å². The fourth-order valence-corrected chi connectivity index (χ4v) is 1.22. The smallest absolute Gasteiger partial charge is 0.207 e. The Hall–Kier alpha value is -1.91. The van der Waals surface area contributed by atoms with Crippen molar-refractivity contribution in [3.63, 3.8) is 0 Å². The van der Waals surface area contributed by atoms with Gasteiger partial charge in [0.05, 0.1) is 18.1 Å². The quantitative estimate of drug-likeness (QED) is 0.785. The number of hydrogen-bond acceptors (Lipinski definition) is 4. The van der Waals surface area contributed by atoms with Crippen molar-refractivity contribution in [2.75, 3.05) is 11.9 Å². The molecule has 2 heterocycles. The molecule has 0 aliphatic rings. The van der Waals surface area contributed by atoms with Crippen LogP contribution in [-0.2, 0) is 0 Å². The van der Waals surface area contributed by atoms with Crippen molar-refractivity contribution < 1.29 is 0 Å². The molecule has 2 aromatic rings. The third kappa shape index (κ3) is 1.56. The molecule has 0 spiro atoms. The molecule has 0 aliphatic heterocycles. The van der Waals surface area contributed by atoms with Gasteiger partial charge >= 0.3 is 0 Å². The molecule has 14 heavy (non-hydrogen) atoms. The van der Waals surface area contributed by atoms with Gasteiger partial charge in [-0.1, -0.05) is 0 Å². The Morgan fingerprint density at radius 3 is 2.86 bits per heavy atom. The van der Waals surface area contributed by atoms with Crippen LogP contribution in [0.5, 0.6) is 0 Å². The molecule has 0 radical (unpaired) electrons. The van der Waals surface area contributed by atoms with Crippen molar-refractivity contribution in [3.05, 3.63) is 31.1 Å². The van der Waals surface area contributed by atoms with Gasteiger partial charge in [-0.15, -0.1) is 0 Å². The zero-order valence-corrected chi connectivity index (χ0v) is 7.88. The second-order valence-electron chi connectivity index (χ2n) is 2.75. The van der Waals surface area contributed by atoms with Gasteiger partial charge in [-0.2, -0.15) is 0 Å². The van der Waals surface area contributed by atoms with E-state index in [4.69, 9.17) is 0 Å². The first-order valence-electron chi connectivity index (χ1n) is 4.44. The Bertz CT molecular complexity index is 395. The van der Waals surface area contributed by atoms with Crippen LogP contribution < -0.4 is 5.32 Å². The fraction of sp³-hybridized carbons (Fsp3) is 0.222. The molecular weight excluding hydrogens is 178 g/mol. The van der Waals surface area contributed by atoms with Gasteiger partial charge < -0.3 is 5.32 Å². The minimum Gasteiger partial charge on any atom is -0.356 e. The Balaban J connectivity index is 2.37. The maximum Gasteiger partial charge on any atom is 0.207 e. The molecule has 5 nitrogen and oxygen atoms in total. The zero-order chi connectivity index (χ0) is 9.80. The van der Waals surface area contributed by atoms with Crippen LogP contribution >= 0.6 is 0 Å². The summed E-state index contributed by atoms with van der Waals surface area (Å²) < 4.78 is 1.91. The van der Waals surface area contributed by atoms with E-state index in [-0.39, 0.29) is 0 Å². The average Bonchev–Trinajstić information content (AvgIpc) is 2.68. The van der Waals surface area contributed by atoms with E-state index in [0.717, 1.165) is 18.2 Å². The van der Waals surface area contributed by atoms with Crippen molar-refractivity contribution in [1.29, 1.82) is 0 Å². The normalized spacial score (nSPS) is 10.1. The van der Waals surface area contributed by atoms with E-state index >= 15 is 0 Å². The minimum absolute atomic E-state index is 0.808. The summed E-state index contributed by atoms with van der Waals surface area (Å²) in [4.78, 5) is 12.1. The first kappa shape index (κ1) is 8.68. The molecular formula is C9H11N5. The van der Waals surface area contributed by atoms with E-state index in [9.17, 15) is 0 Å². The van der Waals surface area contributed by atoms with Gasteiger partial charge in [-0.3, -0.25) is 4.57 Å². The number of nitrogens with one attached hydrogen (secondary N) is 1. The summed E-state index contributed by atoms with van der Waals surface area (Å²) in [6, 6.07) is 0. The molecule has 0 aliphatic carbocycles. The van der Waals surface area contributed by atoms with E-state index in [2.05, 4.69) is 20.3 Å². The lowest BCUT2D eigenvalue weighted by atomic mass is 10.5. The predicted molar refractivity (Wildman–Crippen MR) is 53.3 cm³/mol. The number of anilines is 1. The van der Waals surface area contributed by atoms with Crippen molar-refractivity contribution in [2.45, 2.75) is 6.92 Å². The Labute approximate surface area is 81.8 Å². The molecule has 2 aromatic heterocycles. The van der Waals surface area contributed by atoms with E-state index in [1.165, 1.54) is 6.33 Å². The number of aromatic nitrogens is 4. The molecule has 1 N–H and O–H groups in total. The van der Waals surface area contributed by atoms with E-state index in [1.54, 1.807) is 18.6 Å². The summed E-state index contributed by atoms with van der Waals surface area (Å²) >= 11 is 0. The first-order chi connectivity index (χ1) is 6.92. The molecule has 0 bridgehead atoms. The van der Waals surface area contributed by atoms with E-state index in [0.29, 0.717) is 0 Å². The molecule has 0 saturated heterocycles. The van der Waals surface area contributed by atoms with E-state index in [1.807, 2.05) is 17.7 Å². The van der Waals surface area contributed by atoms with Crippen LogP contribution in [0.3, 0.4) is 0 Å². The third-order valence-electron chi connectivity index (χ3n) is 1.80. The highest BCUT2D eigenvalue weighted by Crippen LogP contribution is 2.11. The van der Waals surface area contributed by atoms with Crippen LogP contribution in [-0.4, -0.2) is 26.1 Å². The monoisotopic (exact) mass is 189 g/mol. The second kappa shape index (κ2) is 3.87. The molecule has 2 rings (SSSR count). The number of rotatable bonds is 3. The molecule has 0 aromatic carbocycles. The summed E-state index contributed by atoms with van der Waals surface area (Å²) in [5, 5.41) is 3.15. The van der Waals surface area contributed by atoms with Crippen molar-refractivity contribution in [3.8, 4) is 5.69 Å². The standard InChI is InChI=1S/C9H11N5/c1-2-12-9-13-3-4-14(9)8-5-10-7-11-6-8/h3-7H,2H2,1H3,(H,12,13). The van der Waals surface area contributed by atoms with E-state index < -0.39 is 0 Å². The minimum atomic E-state index is 0.808. The van der Waals surface area contributed by atoms with Gasteiger partial charge in [-0.05, 0) is 6.92 Å². The highest BCUT2D eigenvalue weighted by molar-refractivity contribution is 5.38. The van der Waals surface area contributed by atoms with Gasteiger partial charge in [-0.25, -0.2) is 15.0 Å². The summed E-state index contributed by atoms with van der Waals surface area (Å²) in [7, 11) is 0. The third-order valence-corrected chi connectivity index (χ3v) is 1.80. The summed E-state index contributed by atoms with van der Waals surface area (Å²) in [5.41, 5.74) is 0.904. The van der Waals surface area contributed by atoms with Crippen LogP contribution in [0.2, 0.25) is 0 Å². The van der Waals surface area contributed by atoms with Crippen LogP contribution in [0.25, 0.3) is 5.69 Å². The molecule has 0 atom stereocenters. The van der Waals surface area contributed by atoms with Gasteiger partial charge in [0.1, 0.15) is 6.33 Å². The SMILES string of the molecule is CCNc1nccn1-c1cncnc1. The highest BCUT2D eigenvalue weighted by Gasteiger charge is 2.02. The first-order valence-corrected chi connectivity index (χ1v) is 4.44. The average molecular weight is 189 g/mol. The molecule has 0 amide bonds. The lowest BCUT2D eigenvalue weighted by Gasteiger charge is -2.06. The Morgan fingerprint density at radius 1 is 1.36 bits per heavy atom. The predicted octanol–water partition coefficient (Wildman–Crippen LogP) is 1.09.